The maximum Gasteiger partial charge on any atom is 0.0279 e. The van der Waals surface area contributed by atoms with E-state index in [2.05, 4.69) is 25.8 Å². The Balaban J connectivity index is 2.44. The second-order valence-corrected chi connectivity index (χ2v) is 3.61. The first-order chi connectivity index (χ1) is 4.02. The van der Waals surface area contributed by atoms with Crippen molar-refractivity contribution in [3.8, 4) is 0 Å². The first-order valence-electron chi connectivity index (χ1n) is 3.51. The van der Waals surface area contributed by atoms with Gasteiger partial charge in [-0.05, 0) is 33.9 Å². The van der Waals surface area contributed by atoms with Gasteiger partial charge < -0.3 is 10.6 Å². The molecule has 0 amide bonds. The average molecular weight is 128 g/mol. The molecule has 1 rings (SSSR count). The van der Waals surface area contributed by atoms with Gasteiger partial charge in [-0.15, -0.1) is 0 Å². The molecule has 0 aromatic carbocycles. The predicted molar refractivity (Wildman–Crippen MR) is 39.3 cm³/mol. The van der Waals surface area contributed by atoms with Crippen LogP contribution < -0.4 is 5.73 Å². The Morgan fingerprint density at radius 3 is 2.11 bits per heavy atom. The van der Waals surface area contributed by atoms with E-state index in [-0.39, 0.29) is 5.54 Å². The topological polar surface area (TPSA) is 29.3 Å². The molecule has 1 atom stereocenters. The molecule has 1 heterocycles. The second kappa shape index (κ2) is 1.96. The van der Waals surface area contributed by atoms with Crippen LogP contribution in [-0.4, -0.2) is 30.1 Å². The van der Waals surface area contributed by atoms with Gasteiger partial charge in [0.25, 0.3) is 0 Å². The molecule has 0 aromatic heterocycles. The fraction of sp³-hybridized carbons (Fsp3) is 1.00. The van der Waals surface area contributed by atoms with E-state index >= 15 is 0 Å². The minimum atomic E-state index is -0.00694. The summed E-state index contributed by atoms with van der Waals surface area (Å²) in [6.07, 6.45) is 1.26. The summed E-state index contributed by atoms with van der Waals surface area (Å²) < 4.78 is 0. The first-order valence-corrected chi connectivity index (χ1v) is 3.51. The van der Waals surface area contributed by atoms with Gasteiger partial charge in [0.1, 0.15) is 0 Å². The maximum absolute atomic E-state index is 5.89. The van der Waals surface area contributed by atoms with Crippen LogP contribution in [0.25, 0.3) is 0 Å². The molecule has 2 N–H and O–H groups in total. The normalized spacial score (nSPS) is 30.0. The number of rotatable bonds is 1. The van der Waals surface area contributed by atoms with Crippen LogP contribution in [0.2, 0.25) is 0 Å². The smallest absolute Gasteiger partial charge is 0.0279 e. The summed E-state index contributed by atoms with van der Waals surface area (Å²) in [5, 5.41) is 0. The molecular weight excluding hydrogens is 112 g/mol. The standard InChI is InChI=1S/C7H16N2/c1-7(2,8)6-4-5-9(6)3/h6H,4-5,8H2,1-3H3. The maximum atomic E-state index is 5.89. The summed E-state index contributed by atoms with van der Waals surface area (Å²) in [6, 6.07) is 0.609. The van der Waals surface area contributed by atoms with Crippen molar-refractivity contribution in [2.45, 2.75) is 31.8 Å². The van der Waals surface area contributed by atoms with Gasteiger partial charge in [0.2, 0.25) is 0 Å². The van der Waals surface area contributed by atoms with Crippen LogP contribution >= 0.6 is 0 Å². The SMILES string of the molecule is CN1CCC1C(C)(C)N. The van der Waals surface area contributed by atoms with Crippen molar-refractivity contribution in [3.05, 3.63) is 0 Å². The molecule has 0 saturated carbocycles. The summed E-state index contributed by atoms with van der Waals surface area (Å²) in [7, 11) is 2.13. The van der Waals surface area contributed by atoms with E-state index in [1.54, 1.807) is 0 Å². The monoisotopic (exact) mass is 128 g/mol. The van der Waals surface area contributed by atoms with Crippen LogP contribution in [0.5, 0.6) is 0 Å². The Bertz CT molecular complexity index is 104. The molecule has 1 aliphatic rings. The number of hydrogen-bond donors (Lipinski definition) is 1. The van der Waals surface area contributed by atoms with Gasteiger partial charge in [0.15, 0.2) is 0 Å². The predicted octanol–water partition coefficient (Wildman–Crippen LogP) is 0.428. The molecule has 2 heteroatoms. The van der Waals surface area contributed by atoms with Crippen LogP contribution in [0.3, 0.4) is 0 Å². The van der Waals surface area contributed by atoms with Gasteiger partial charge in [-0.3, -0.25) is 0 Å². The van der Waals surface area contributed by atoms with E-state index < -0.39 is 0 Å². The summed E-state index contributed by atoms with van der Waals surface area (Å²) >= 11 is 0. The van der Waals surface area contributed by atoms with Gasteiger partial charge in [0, 0.05) is 11.6 Å². The molecule has 54 valence electrons. The van der Waals surface area contributed by atoms with Gasteiger partial charge in [0.05, 0.1) is 0 Å². The van der Waals surface area contributed by atoms with Crippen LogP contribution in [0.15, 0.2) is 0 Å². The van der Waals surface area contributed by atoms with Crippen LogP contribution in [0, 0.1) is 0 Å². The van der Waals surface area contributed by atoms with Crippen molar-refractivity contribution in [2.75, 3.05) is 13.6 Å². The molecule has 1 aliphatic heterocycles. The van der Waals surface area contributed by atoms with E-state index in [4.69, 9.17) is 5.73 Å². The Hall–Kier alpha value is -0.0800. The van der Waals surface area contributed by atoms with E-state index in [1.807, 2.05) is 0 Å². The van der Waals surface area contributed by atoms with Crippen LogP contribution in [0.4, 0.5) is 0 Å². The third-order valence-corrected chi connectivity index (χ3v) is 2.15. The molecule has 1 saturated heterocycles. The lowest BCUT2D eigenvalue weighted by molar-refractivity contribution is 0.0700. The van der Waals surface area contributed by atoms with Gasteiger partial charge in [-0.1, -0.05) is 0 Å². The molecule has 0 aliphatic carbocycles. The van der Waals surface area contributed by atoms with E-state index in [0.717, 1.165) is 0 Å². The number of nitrogens with two attached hydrogens (primary N) is 1. The molecular formula is C7H16N2. The van der Waals surface area contributed by atoms with Gasteiger partial charge >= 0.3 is 0 Å². The Morgan fingerprint density at radius 2 is 2.11 bits per heavy atom. The van der Waals surface area contributed by atoms with Crippen molar-refractivity contribution < 1.29 is 0 Å². The zero-order valence-electron chi connectivity index (χ0n) is 6.52. The molecule has 0 bridgehead atoms. The average Bonchev–Trinajstić information content (AvgIpc) is 1.57. The highest BCUT2D eigenvalue weighted by Crippen LogP contribution is 2.23. The number of hydrogen-bond acceptors (Lipinski definition) is 2. The zero-order valence-corrected chi connectivity index (χ0v) is 6.52. The minimum absolute atomic E-state index is 0.00694. The number of nitrogens with zero attached hydrogens (tertiary/aromatic N) is 1. The molecule has 0 aromatic rings. The largest absolute Gasteiger partial charge is 0.324 e. The minimum Gasteiger partial charge on any atom is -0.324 e. The van der Waals surface area contributed by atoms with Crippen molar-refractivity contribution >= 4 is 0 Å². The summed E-state index contributed by atoms with van der Waals surface area (Å²) in [6.45, 7) is 5.39. The van der Waals surface area contributed by atoms with E-state index in [9.17, 15) is 0 Å². The summed E-state index contributed by atoms with van der Waals surface area (Å²) in [5.74, 6) is 0. The highest BCUT2D eigenvalue weighted by atomic mass is 15.2. The summed E-state index contributed by atoms with van der Waals surface area (Å²) in [5.41, 5.74) is 5.88. The number of likely N-dealkylation sites (N-methyl/N-ethyl adjacent to an activating group) is 1. The quantitative estimate of drug-likeness (QED) is 0.555. The van der Waals surface area contributed by atoms with Crippen molar-refractivity contribution in [1.82, 2.24) is 4.90 Å². The lowest BCUT2D eigenvalue weighted by Gasteiger charge is -2.46. The van der Waals surface area contributed by atoms with Crippen molar-refractivity contribution in [2.24, 2.45) is 5.73 Å². The first kappa shape index (κ1) is 7.03. The Morgan fingerprint density at radius 1 is 1.56 bits per heavy atom. The third-order valence-electron chi connectivity index (χ3n) is 2.15. The van der Waals surface area contributed by atoms with E-state index in [0.29, 0.717) is 6.04 Å². The van der Waals surface area contributed by atoms with Gasteiger partial charge in [-0.25, -0.2) is 0 Å². The molecule has 9 heavy (non-hydrogen) atoms. The molecule has 2 nitrogen and oxygen atoms in total. The van der Waals surface area contributed by atoms with Crippen molar-refractivity contribution in [1.29, 1.82) is 0 Å². The second-order valence-electron chi connectivity index (χ2n) is 3.61. The highest BCUT2D eigenvalue weighted by molar-refractivity contribution is 4.95. The lowest BCUT2D eigenvalue weighted by atomic mass is 9.86. The lowest BCUT2D eigenvalue weighted by Crippen LogP contribution is -2.60. The van der Waals surface area contributed by atoms with Crippen molar-refractivity contribution in [3.63, 3.8) is 0 Å². The van der Waals surface area contributed by atoms with Crippen LogP contribution in [0.1, 0.15) is 20.3 Å². The molecule has 1 unspecified atom stereocenters. The molecule has 1 fully saturated rings. The Kier molecular flexibility index (Phi) is 1.53. The number of likely N-dealkylation sites (tertiary alicyclic amines) is 1. The summed E-state index contributed by atoms with van der Waals surface area (Å²) in [4.78, 5) is 2.31. The Labute approximate surface area is 57.0 Å². The van der Waals surface area contributed by atoms with E-state index in [1.165, 1.54) is 13.0 Å². The zero-order chi connectivity index (χ0) is 7.07. The third kappa shape index (κ3) is 1.25. The highest BCUT2D eigenvalue weighted by Gasteiger charge is 2.34. The fourth-order valence-corrected chi connectivity index (χ4v) is 1.46. The van der Waals surface area contributed by atoms with Gasteiger partial charge in [-0.2, -0.15) is 0 Å². The molecule has 0 radical (unpaired) electrons. The van der Waals surface area contributed by atoms with Crippen LogP contribution in [-0.2, 0) is 0 Å². The molecule has 0 spiro atoms. The fourth-order valence-electron chi connectivity index (χ4n) is 1.46.